The number of rotatable bonds is 4. The lowest BCUT2D eigenvalue weighted by atomic mass is 9.92. The highest BCUT2D eigenvalue weighted by molar-refractivity contribution is 5.93. The minimum absolute atomic E-state index is 0.0554. The summed E-state index contributed by atoms with van der Waals surface area (Å²) < 4.78 is 6.99. The van der Waals surface area contributed by atoms with Crippen molar-refractivity contribution in [3.8, 4) is 0 Å². The fraction of sp³-hybridized carbons (Fsp3) is 0.562. The number of anilines is 1. The molecule has 1 N–H and O–H groups in total. The van der Waals surface area contributed by atoms with Crippen LogP contribution in [0.1, 0.15) is 37.1 Å². The molecule has 1 amide bonds. The van der Waals surface area contributed by atoms with Gasteiger partial charge in [-0.25, -0.2) is 0 Å². The number of hydrogen-bond donors (Lipinski definition) is 1. The lowest BCUT2D eigenvalue weighted by Crippen LogP contribution is -2.45. The Hall–Kier alpha value is -2.15. The Balaban J connectivity index is 1.54. The molecule has 0 saturated carbocycles. The summed E-state index contributed by atoms with van der Waals surface area (Å²) in [6.45, 7) is 5.56. The van der Waals surface area contributed by atoms with Gasteiger partial charge in [-0.1, -0.05) is 5.16 Å². The van der Waals surface area contributed by atoms with Crippen LogP contribution in [0.4, 0.5) is 5.88 Å². The number of piperidine rings is 1. The molecule has 1 fully saturated rings. The zero-order valence-corrected chi connectivity index (χ0v) is 13.8. The summed E-state index contributed by atoms with van der Waals surface area (Å²) in [6.07, 6.45) is 3.92. The van der Waals surface area contributed by atoms with Gasteiger partial charge in [-0.3, -0.25) is 19.7 Å². The van der Waals surface area contributed by atoms with E-state index in [1.807, 2.05) is 31.8 Å². The molecular formula is C16H23N5O2. The Kier molecular flexibility index (Phi) is 4.47. The van der Waals surface area contributed by atoms with Crippen molar-refractivity contribution < 1.29 is 9.32 Å². The second-order valence-electron chi connectivity index (χ2n) is 6.19. The van der Waals surface area contributed by atoms with Gasteiger partial charge in [-0.05, 0) is 45.8 Å². The molecule has 0 spiro atoms. The molecule has 3 rings (SSSR count). The minimum atomic E-state index is -0.187. The maximum absolute atomic E-state index is 12.3. The number of aromatic nitrogens is 3. The number of likely N-dealkylation sites (tertiary alicyclic amines) is 1. The van der Waals surface area contributed by atoms with E-state index in [1.54, 1.807) is 6.07 Å². The van der Waals surface area contributed by atoms with Gasteiger partial charge in [0.25, 0.3) is 0 Å². The average molecular weight is 317 g/mol. The maximum atomic E-state index is 12.3. The summed E-state index contributed by atoms with van der Waals surface area (Å²) in [5.41, 5.74) is 2.03. The number of amides is 1. The van der Waals surface area contributed by atoms with Gasteiger partial charge >= 0.3 is 0 Å². The Labute approximate surface area is 135 Å². The van der Waals surface area contributed by atoms with Gasteiger partial charge in [-0.2, -0.15) is 5.10 Å². The summed E-state index contributed by atoms with van der Waals surface area (Å²) >= 11 is 0. The van der Waals surface area contributed by atoms with Gasteiger partial charge < -0.3 is 4.52 Å². The topological polar surface area (TPSA) is 76.2 Å². The summed E-state index contributed by atoms with van der Waals surface area (Å²) in [7, 11) is 1.98. The van der Waals surface area contributed by atoms with Gasteiger partial charge in [0.1, 0.15) is 0 Å². The van der Waals surface area contributed by atoms with E-state index in [-0.39, 0.29) is 11.9 Å². The van der Waals surface area contributed by atoms with Crippen LogP contribution in [-0.2, 0) is 11.8 Å². The number of carbonyl (C=O) groups is 1. The number of nitrogens with zero attached hydrogens (tertiary/aromatic N) is 4. The molecule has 1 aliphatic heterocycles. The molecule has 1 aliphatic rings. The van der Waals surface area contributed by atoms with E-state index >= 15 is 0 Å². The summed E-state index contributed by atoms with van der Waals surface area (Å²) in [5, 5.41) is 10.8. The molecule has 23 heavy (non-hydrogen) atoms. The predicted octanol–water partition coefficient (Wildman–Crippen LogP) is 1.92. The summed E-state index contributed by atoms with van der Waals surface area (Å²) in [4.78, 5) is 14.5. The molecule has 3 heterocycles. The molecule has 7 heteroatoms. The Bertz CT molecular complexity index is 670. The number of carbonyl (C=O) groups excluding carboxylic acids is 1. The molecule has 1 saturated heterocycles. The van der Waals surface area contributed by atoms with Crippen LogP contribution in [0.2, 0.25) is 0 Å². The fourth-order valence-electron chi connectivity index (χ4n) is 3.18. The number of aryl methyl sites for hydroxylation is 2. The van der Waals surface area contributed by atoms with E-state index in [0.29, 0.717) is 11.8 Å². The Morgan fingerprint density at radius 2 is 2.17 bits per heavy atom. The molecule has 2 aromatic heterocycles. The fourth-order valence-corrected chi connectivity index (χ4v) is 3.18. The van der Waals surface area contributed by atoms with E-state index in [9.17, 15) is 4.79 Å². The Morgan fingerprint density at radius 3 is 2.74 bits per heavy atom. The average Bonchev–Trinajstić information content (AvgIpc) is 3.15. The van der Waals surface area contributed by atoms with Gasteiger partial charge in [-0.15, -0.1) is 0 Å². The first kappa shape index (κ1) is 15.7. The minimum Gasteiger partial charge on any atom is -0.338 e. The predicted molar refractivity (Wildman–Crippen MR) is 86.1 cm³/mol. The quantitative estimate of drug-likeness (QED) is 0.932. The van der Waals surface area contributed by atoms with Crippen LogP contribution in [0.3, 0.4) is 0 Å². The molecule has 2 aromatic rings. The van der Waals surface area contributed by atoms with Gasteiger partial charge in [0.2, 0.25) is 11.8 Å². The SMILES string of the molecule is Cc1cc(NC(=O)C(C)N2CCC(c3ccnn3C)CC2)on1. The largest absolute Gasteiger partial charge is 0.338 e. The van der Waals surface area contributed by atoms with E-state index < -0.39 is 0 Å². The van der Waals surface area contributed by atoms with E-state index in [0.717, 1.165) is 31.6 Å². The molecule has 0 aliphatic carbocycles. The van der Waals surface area contributed by atoms with Crippen LogP contribution in [0.15, 0.2) is 22.9 Å². The zero-order valence-electron chi connectivity index (χ0n) is 13.8. The standard InChI is InChI=1S/C16H23N5O2/c1-11-10-15(23-19-11)18-16(22)12(2)21-8-5-13(6-9-21)14-4-7-17-20(14)3/h4,7,10,12-13H,5-6,8-9H2,1-3H3,(H,18,22). The highest BCUT2D eigenvalue weighted by Crippen LogP contribution is 2.28. The molecule has 1 atom stereocenters. The lowest BCUT2D eigenvalue weighted by Gasteiger charge is -2.35. The monoisotopic (exact) mass is 317 g/mol. The molecule has 0 radical (unpaired) electrons. The molecular weight excluding hydrogens is 294 g/mol. The third-order valence-electron chi connectivity index (χ3n) is 4.61. The Morgan fingerprint density at radius 1 is 1.43 bits per heavy atom. The van der Waals surface area contributed by atoms with Crippen molar-refractivity contribution in [3.05, 3.63) is 29.7 Å². The van der Waals surface area contributed by atoms with Crippen LogP contribution >= 0.6 is 0 Å². The van der Waals surface area contributed by atoms with Gasteiger partial charge in [0.05, 0.1) is 11.7 Å². The van der Waals surface area contributed by atoms with Gasteiger partial charge in [0.15, 0.2) is 0 Å². The van der Waals surface area contributed by atoms with E-state index in [2.05, 4.69) is 26.5 Å². The molecule has 0 aromatic carbocycles. The zero-order chi connectivity index (χ0) is 16.4. The third-order valence-corrected chi connectivity index (χ3v) is 4.61. The molecule has 0 bridgehead atoms. The molecule has 7 nitrogen and oxygen atoms in total. The van der Waals surface area contributed by atoms with E-state index in [4.69, 9.17) is 4.52 Å². The second-order valence-corrected chi connectivity index (χ2v) is 6.19. The van der Waals surface area contributed by atoms with Crippen molar-refractivity contribution in [3.63, 3.8) is 0 Å². The smallest absolute Gasteiger partial charge is 0.243 e. The van der Waals surface area contributed by atoms with Crippen molar-refractivity contribution in [2.45, 2.75) is 38.6 Å². The van der Waals surface area contributed by atoms with Crippen LogP contribution < -0.4 is 5.32 Å². The summed E-state index contributed by atoms with van der Waals surface area (Å²) in [6, 6.07) is 3.62. The van der Waals surface area contributed by atoms with Crippen LogP contribution in [0, 0.1) is 6.92 Å². The highest BCUT2D eigenvalue weighted by atomic mass is 16.5. The molecule has 1 unspecified atom stereocenters. The third kappa shape index (κ3) is 3.44. The van der Waals surface area contributed by atoms with Gasteiger partial charge in [0, 0.05) is 30.9 Å². The first-order valence-corrected chi connectivity index (χ1v) is 8.00. The number of hydrogen-bond acceptors (Lipinski definition) is 5. The lowest BCUT2D eigenvalue weighted by molar-refractivity contribution is -0.121. The highest BCUT2D eigenvalue weighted by Gasteiger charge is 2.28. The number of nitrogens with one attached hydrogen (secondary N) is 1. The van der Waals surface area contributed by atoms with Crippen molar-refractivity contribution in [1.29, 1.82) is 0 Å². The normalized spacial score (nSPS) is 18.0. The summed E-state index contributed by atoms with van der Waals surface area (Å²) in [5.74, 6) is 0.871. The van der Waals surface area contributed by atoms with Crippen molar-refractivity contribution in [2.24, 2.45) is 7.05 Å². The van der Waals surface area contributed by atoms with Crippen LogP contribution in [0.25, 0.3) is 0 Å². The van der Waals surface area contributed by atoms with Crippen molar-refractivity contribution >= 4 is 11.8 Å². The second kappa shape index (κ2) is 6.54. The van der Waals surface area contributed by atoms with E-state index in [1.165, 1.54) is 5.69 Å². The van der Waals surface area contributed by atoms with Crippen molar-refractivity contribution in [2.75, 3.05) is 18.4 Å². The van der Waals surface area contributed by atoms with Crippen molar-refractivity contribution in [1.82, 2.24) is 19.8 Å². The maximum Gasteiger partial charge on any atom is 0.243 e. The first-order valence-electron chi connectivity index (χ1n) is 8.00. The van der Waals surface area contributed by atoms with Crippen LogP contribution in [-0.4, -0.2) is 44.9 Å². The molecule has 124 valence electrons. The first-order chi connectivity index (χ1) is 11.0. The van der Waals surface area contributed by atoms with Crippen LogP contribution in [0.5, 0.6) is 0 Å².